The van der Waals surface area contributed by atoms with Crippen LogP contribution in [0.25, 0.3) is 0 Å². The van der Waals surface area contributed by atoms with E-state index in [1.54, 1.807) is 11.1 Å². The molecule has 0 bridgehead atoms. The van der Waals surface area contributed by atoms with Gasteiger partial charge >= 0.3 is 0 Å². The van der Waals surface area contributed by atoms with Crippen LogP contribution in [0, 0.1) is 0 Å². The molecule has 0 spiro atoms. The van der Waals surface area contributed by atoms with E-state index in [4.69, 9.17) is 0 Å². The van der Waals surface area contributed by atoms with Crippen LogP contribution in [-0.2, 0) is 40.0 Å². The first-order valence-electron chi connectivity index (χ1n) is 5.36. The van der Waals surface area contributed by atoms with Gasteiger partial charge in [-0.2, -0.15) is 22.8 Å². The van der Waals surface area contributed by atoms with Gasteiger partial charge in [-0.25, -0.2) is 6.07 Å². The Bertz CT molecular complexity index is 287. The first kappa shape index (κ1) is 19.0. The first-order valence-corrected chi connectivity index (χ1v) is 5.36. The molecule has 0 fully saturated rings. The van der Waals surface area contributed by atoms with Crippen molar-refractivity contribution in [1.29, 1.82) is 0 Å². The molecule has 0 unspecified atom stereocenters. The standard InChI is InChI=1S/C13H19.2ClH.Ti/c1-13(2,3)12-8-10-6-4-5-7-11(10)9-12;;;/h8-9H,4-7H2,1-3H3;2*1H;/q-1;;;. The number of hydrogen-bond acceptors (Lipinski definition) is 0. The van der Waals surface area contributed by atoms with E-state index >= 15 is 0 Å². The normalized spacial score (nSPS) is 13.9. The SMILES string of the molecule is CC(C)(C)c1cc2c([cH-]1)CCCC2.Cl.Cl.[Ti]. The van der Waals surface area contributed by atoms with Gasteiger partial charge in [-0.05, 0) is 5.41 Å². The second kappa shape index (κ2) is 7.16. The minimum Gasteiger partial charge on any atom is -0.207 e. The Labute approximate surface area is 127 Å². The second-order valence-corrected chi connectivity index (χ2v) is 5.25. The first-order chi connectivity index (χ1) is 6.07. The summed E-state index contributed by atoms with van der Waals surface area (Å²) < 4.78 is 0. The molecule has 2 rings (SSSR count). The van der Waals surface area contributed by atoms with E-state index in [1.807, 2.05) is 0 Å². The van der Waals surface area contributed by atoms with E-state index in [9.17, 15) is 0 Å². The Balaban J connectivity index is 0. The molecular formula is C13H21Cl2Ti-. The van der Waals surface area contributed by atoms with Crippen LogP contribution in [0.3, 0.4) is 0 Å². The molecule has 0 saturated heterocycles. The van der Waals surface area contributed by atoms with Gasteiger partial charge in [-0.15, -0.1) is 24.8 Å². The maximum atomic E-state index is 2.43. The van der Waals surface area contributed by atoms with Crippen molar-refractivity contribution in [2.75, 3.05) is 0 Å². The van der Waals surface area contributed by atoms with Gasteiger partial charge in [0.05, 0.1) is 0 Å². The van der Waals surface area contributed by atoms with Crippen LogP contribution in [0.5, 0.6) is 0 Å². The molecule has 0 aliphatic heterocycles. The van der Waals surface area contributed by atoms with Crippen molar-refractivity contribution in [3.63, 3.8) is 0 Å². The largest absolute Gasteiger partial charge is 0.207 e. The van der Waals surface area contributed by atoms with Crippen LogP contribution in [0.15, 0.2) is 12.1 Å². The molecule has 0 atom stereocenters. The molecule has 16 heavy (non-hydrogen) atoms. The fourth-order valence-electron chi connectivity index (χ4n) is 2.13. The van der Waals surface area contributed by atoms with Gasteiger partial charge in [0, 0.05) is 21.7 Å². The molecule has 1 aromatic rings. The maximum Gasteiger partial charge on any atom is 0 e. The Morgan fingerprint density at radius 1 is 1.06 bits per heavy atom. The predicted octanol–water partition coefficient (Wildman–Crippen LogP) is 4.42. The van der Waals surface area contributed by atoms with E-state index < -0.39 is 0 Å². The zero-order valence-corrected chi connectivity index (χ0v) is 13.5. The Morgan fingerprint density at radius 2 is 1.62 bits per heavy atom. The second-order valence-electron chi connectivity index (χ2n) is 5.25. The van der Waals surface area contributed by atoms with Gasteiger partial charge in [0.2, 0.25) is 0 Å². The monoisotopic (exact) mass is 295 g/mol. The smallest absolute Gasteiger partial charge is 0 e. The van der Waals surface area contributed by atoms with Crippen molar-refractivity contribution in [3.8, 4) is 0 Å². The van der Waals surface area contributed by atoms with Crippen molar-refractivity contribution in [2.45, 2.75) is 51.9 Å². The summed E-state index contributed by atoms with van der Waals surface area (Å²) in [5.74, 6) is 0. The molecule has 0 radical (unpaired) electrons. The molecular weight excluding hydrogens is 275 g/mol. The molecule has 3 heteroatoms. The summed E-state index contributed by atoms with van der Waals surface area (Å²) in [7, 11) is 0. The van der Waals surface area contributed by atoms with Crippen molar-refractivity contribution >= 4 is 24.8 Å². The molecule has 1 aromatic carbocycles. The number of hydrogen-bond donors (Lipinski definition) is 0. The summed E-state index contributed by atoms with van der Waals surface area (Å²) in [5, 5.41) is 0. The summed E-state index contributed by atoms with van der Waals surface area (Å²) in [5.41, 5.74) is 5.10. The topological polar surface area (TPSA) is 0 Å². The number of fused-ring (bicyclic) bond motifs is 1. The quantitative estimate of drug-likeness (QED) is 0.491. The van der Waals surface area contributed by atoms with E-state index in [1.165, 1.54) is 31.2 Å². The summed E-state index contributed by atoms with van der Waals surface area (Å²) in [4.78, 5) is 0. The third-order valence-electron chi connectivity index (χ3n) is 3.08. The number of rotatable bonds is 0. The van der Waals surface area contributed by atoms with Gasteiger partial charge in [-0.1, -0.05) is 46.5 Å². The minimum atomic E-state index is 0. The molecule has 1 aliphatic carbocycles. The van der Waals surface area contributed by atoms with Gasteiger partial charge in [-0.3, -0.25) is 0 Å². The van der Waals surface area contributed by atoms with Crippen LogP contribution in [0.4, 0.5) is 0 Å². The fourth-order valence-corrected chi connectivity index (χ4v) is 2.13. The molecule has 92 valence electrons. The molecule has 0 amide bonds. The average molecular weight is 296 g/mol. The summed E-state index contributed by atoms with van der Waals surface area (Å²) in [6.45, 7) is 6.90. The molecule has 1 aliphatic rings. The van der Waals surface area contributed by atoms with E-state index in [0.717, 1.165) is 0 Å². The summed E-state index contributed by atoms with van der Waals surface area (Å²) >= 11 is 0. The van der Waals surface area contributed by atoms with Crippen LogP contribution >= 0.6 is 24.8 Å². The Hall–Kier alpha value is 0.644. The molecule has 0 aromatic heterocycles. The summed E-state index contributed by atoms with van der Waals surface area (Å²) in [6, 6.07) is 4.85. The van der Waals surface area contributed by atoms with Crippen molar-refractivity contribution in [2.24, 2.45) is 0 Å². The average Bonchev–Trinajstić information content (AvgIpc) is 2.45. The minimum absolute atomic E-state index is 0. The van der Waals surface area contributed by atoms with E-state index in [0.29, 0.717) is 5.41 Å². The number of halogens is 2. The molecule has 0 N–H and O–H groups in total. The van der Waals surface area contributed by atoms with Crippen LogP contribution < -0.4 is 0 Å². The molecule has 0 nitrogen and oxygen atoms in total. The fraction of sp³-hybridized carbons (Fsp3) is 0.615. The van der Waals surface area contributed by atoms with Crippen LogP contribution in [0.2, 0.25) is 0 Å². The molecule has 0 heterocycles. The van der Waals surface area contributed by atoms with Crippen LogP contribution in [-0.4, -0.2) is 0 Å². The third-order valence-corrected chi connectivity index (χ3v) is 3.08. The van der Waals surface area contributed by atoms with Gasteiger partial charge in [0.25, 0.3) is 0 Å². The van der Waals surface area contributed by atoms with Gasteiger partial charge in [0.15, 0.2) is 0 Å². The van der Waals surface area contributed by atoms with Crippen molar-refractivity contribution in [1.82, 2.24) is 0 Å². The number of aryl methyl sites for hydroxylation is 2. The summed E-state index contributed by atoms with van der Waals surface area (Å²) in [6.07, 6.45) is 5.40. The Kier molecular flexibility index (Phi) is 8.50. The maximum absolute atomic E-state index is 2.43. The van der Waals surface area contributed by atoms with E-state index in [2.05, 4.69) is 32.9 Å². The predicted molar refractivity (Wildman–Crippen MR) is 71.9 cm³/mol. The molecule has 0 saturated carbocycles. The van der Waals surface area contributed by atoms with Gasteiger partial charge in [0.1, 0.15) is 0 Å². The zero-order valence-electron chi connectivity index (χ0n) is 10.3. The third kappa shape index (κ3) is 4.15. The Morgan fingerprint density at radius 3 is 2.12 bits per heavy atom. The van der Waals surface area contributed by atoms with Crippen LogP contribution in [0.1, 0.15) is 50.3 Å². The van der Waals surface area contributed by atoms with E-state index in [-0.39, 0.29) is 46.5 Å². The zero-order chi connectivity index (χ0) is 9.47. The van der Waals surface area contributed by atoms with Crippen molar-refractivity contribution < 1.29 is 21.7 Å². The van der Waals surface area contributed by atoms with Crippen molar-refractivity contribution in [3.05, 3.63) is 28.8 Å². The van der Waals surface area contributed by atoms with Gasteiger partial charge < -0.3 is 0 Å².